The average Bonchev–Trinajstić information content (AvgIpc) is 2.68. The number of ether oxygens (including phenoxy) is 1. The van der Waals surface area contributed by atoms with Gasteiger partial charge in [0.1, 0.15) is 11.4 Å². The first-order chi connectivity index (χ1) is 13.0. The van der Waals surface area contributed by atoms with Crippen molar-refractivity contribution >= 4 is 35.0 Å². The smallest absolute Gasteiger partial charge is 0.262 e. The van der Waals surface area contributed by atoms with E-state index in [0.717, 1.165) is 25.9 Å². The highest BCUT2D eigenvalue weighted by Crippen LogP contribution is 2.25. The number of benzene rings is 1. The normalized spacial score (nSPS) is 14.0. The zero-order valence-corrected chi connectivity index (χ0v) is 16.4. The predicted octanol–water partition coefficient (Wildman–Crippen LogP) is 3.20. The molecule has 144 valence electrons. The molecule has 0 unspecified atom stereocenters. The number of hydrogen-bond donors (Lipinski definition) is 1. The van der Waals surface area contributed by atoms with Gasteiger partial charge in [0.15, 0.2) is 12.4 Å². The lowest BCUT2D eigenvalue weighted by Crippen LogP contribution is -2.31. The fourth-order valence-corrected chi connectivity index (χ4v) is 3.03. The SMILES string of the molecule is CN(C)c1nc(N2CCCCC2)ncc1NC(=O)COc1ccc(Cl)cc1. The van der Waals surface area contributed by atoms with Gasteiger partial charge in [-0.3, -0.25) is 4.79 Å². The zero-order valence-electron chi connectivity index (χ0n) is 15.6. The first kappa shape index (κ1) is 19.2. The first-order valence-electron chi connectivity index (χ1n) is 9.00. The van der Waals surface area contributed by atoms with Crippen molar-refractivity contribution in [3.05, 3.63) is 35.5 Å². The van der Waals surface area contributed by atoms with Crippen molar-refractivity contribution in [1.82, 2.24) is 9.97 Å². The zero-order chi connectivity index (χ0) is 19.2. The second-order valence-electron chi connectivity index (χ2n) is 6.64. The summed E-state index contributed by atoms with van der Waals surface area (Å²) in [5, 5.41) is 3.45. The maximum atomic E-state index is 12.3. The maximum Gasteiger partial charge on any atom is 0.262 e. The molecule has 1 aromatic heterocycles. The van der Waals surface area contributed by atoms with E-state index in [0.29, 0.717) is 28.2 Å². The van der Waals surface area contributed by atoms with Crippen molar-refractivity contribution < 1.29 is 9.53 Å². The number of piperidine rings is 1. The summed E-state index contributed by atoms with van der Waals surface area (Å²) >= 11 is 5.84. The third kappa shape index (κ3) is 5.23. The molecule has 0 aliphatic carbocycles. The summed E-state index contributed by atoms with van der Waals surface area (Å²) in [6.07, 6.45) is 5.22. The number of aromatic nitrogens is 2. The number of nitrogens with one attached hydrogen (secondary N) is 1. The number of carbonyl (C=O) groups excluding carboxylic acids is 1. The van der Waals surface area contributed by atoms with Crippen LogP contribution in [0.3, 0.4) is 0 Å². The Morgan fingerprint density at radius 2 is 1.93 bits per heavy atom. The first-order valence-corrected chi connectivity index (χ1v) is 9.38. The van der Waals surface area contributed by atoms with Crippen LogP contribution in [0.25, 0.3) is 0 Å². The summed E-state index contributed by atoms with van der Waals surface area (Å²) in [5.41, 5.74) is 0.561. The van der Waals surface area contributed by atoms with Gasteiger partial charge in [0.25, 0.3) is 5.91 Å². The number of rotatable bonds is 6. The van der Waals surface area contributed by atoms with Crippen LogP contribution in [0.4, 0.5) is 17.5 Å². The van der Waals surface area contributed by atoms with E-state index in [1.165, 1.54) is 6.42 Å². The largest absolute Gasteiger partial charge is 0.484 e. The molecule has 0 radical (unpaired) electrons. The van der Waals surface area contributed by atoms with Crippen molar-refractivity contribution in [3.8, 4) is 5.75 Å². The molecule has 0 saturated carbocycles. The molecule has 1 fully saturated rings. The molecule has 1 amide bonds. The van der Waals surface area contributed by atoms with E-state index in [1.807, 2.05) is 19.0 Å². The Labute approximate surface area is 164 Å². The van der Waals surface area contributed by atoms with Crippen molar-refractivity contribution in [2.45, 2.75) is 19.3 Å². The van der Waals surface area contributed by atoms with Crippen LogP contribution in [0.2, 0.25) is 5.02 Å². The molecule has 0 spiro atoms. The summed E-state index contributed by atoms with van der Waals surface area (Å²) in [7, 11) is 3.78. The van der Waals surface area contributed by atoms with Crippen LogP contribution in [0.1, 0.15) is 19.3 Å². The van der Waals surface area contributed by atoms with Gasteiger partial charge in [0, 0.05) is 32.2 Å². The number of halogens is 1. The lowest BCUT2D eigenvalue weighted by atomic mass is 10.1. The van der Waals surface area contributed by atoms with Gasteiger partial charge in [-0.15, -0.1) is 0 Å². The van der Waals surface area contributed by atoms with E-state index in [1.54, 1.807) is 30.5 Å². The van der Waals surface area contributed by atoms with Crippen LogP contribution in [0.5, 0.6) is 5.75 Å². The summed E-state index contributed by atoms with van der Waals surface area (Å²) in [6.45, 7) is 1.82. The highest BCUT2D eigenvalue weighted by atomic mass is 35.5. The van der Waals surface area contributed by atoms with Crippen LogP contribution >= 0.6 is 11.6 Å². The molecular formula is C19H24ClN5O2. The molecule has 0 bridgehead atoms. The average molecular weight is 390 g/mol. The van der Waals surface area contributed by atoms with E-state index in [2.05, 4.69) is 20.2 Å². The quantitative estimate of drug-likeness (QED) is 0.818. The van der Waals surface area contributed by atoms with Crippen molar-refractivity contribution in [1.29, 1.82) is 0 Å². The Morgan fingerprint density at radius 1 is 1.22 bits per heavy atom. The Bertz CT molecular complexity index is 776. The molecule has 1 saturated heterocycles. The van der Waals surface area contributed by atoms with Gasteiger partial charge in [0.05, 0.1) is 6.20 Å². The lowest BCUT2D eigenvalue weighted by molar-refractivity contribution is -0.118. The van der Waals surface area contributed by atoms with Crippen LogP contribution < -0.4 is 19.9 Å². The van der Waals surface area contributed by atoms with E-state index in [-0.39, 0.29) is 12.5 Å². The van der Waals surface area contributed by atoms with Gasteiger partial charge in [-0.05, 0) is 43.5 Å². The van der Waals surface area contributed by atoms with Gasteiger partial charge >= 0.3 is 0 Å². The number of nitrogens with zero attached hydrogens (tertiary/aromatic N) is 4. The van der Waals surface area contributed by atoms with E-state index < -0.39 is 0 Å². The molecule has 3 rings (SSSR count). The molecule has 2 heterocycles. The lowest BCUT2D eigenvalue weighted by Gasteiger charge is -2.28. The highest BCUT2D eigenvalue weighted by molar-refractivity contribution is 6.30. The van der Waals surface area contributed by atoms with Crippen LogP contribution in [0.15, 0.2) is 30.5 Å². The number of amides is 1. The van der Waals surface area contributed by atoms with Crippen LogP contribution in [-0.4, -0.2) is 49.7 Å². The Morgan fingerprint density at radius 3 is 2.59 bits per heavy atom. The molecule has 1 aliphatic heterocycles. The molecule has 1 aromatic carbocycles. The number of hydrogen-bond acceptors (Lipinski definition) is 6. The Hall–Kier alpha value is -2.54. The van der Waals surface area contributed by atoms with E-state index in [9.17, 15) is 4.79 Å². The predicted molar refractivity (Wildman–Crippen MR) is 108 cm³/mol. The fourth-order valence-electron chi connectivity index (χ4n) is 2.91. The van der Waals surface area contributed by atoms with E-state index in [4.69, 9.17) is 16.3 Å². The maximum absolute atomic E-state index is 12.3. The van der Waals surface area contributed by atoms with Gasteiger partial charge in [-0.1, -0.05) is 11.6 Å². The fraction of sp³-hybridized carbons (Fsp3) is 0.421. The molecule has 0 atom stereocenters. The third-order valence-electron chi connectivity index (χ3n) is 4.28. The van der Waals surface area contributed by atoms with Gasteiger partial charge < -0.3 is 19.9 Å². The molecular weight excluding hydrogens is 366 g/mol. The molecule has 1 N–H and O–H groups in total. The Balaban J connectivity index is 1.65. The summed E-state index contributed by atoms with van der Waals surface area (Å²) < 4.78 is 5.48. The topological polar surface area (TPSA) is 70.6 Å². The van der Waals surface area contributed by atoms with Crippen molar-refractivity contribution in [2.75, 3.05) is 48.9 Å². The number of carbonyl (C=O) groups is 1. The second kappa shape index (κ2) is 8.90. The summed E-state index contributed by atoms with van der Waals surface area (Å²) in [5.74, 6) is 1.68. The van der Waals surface area contributed by atoms with Gasteiger partial charge in [0.2, 0.25) is 5.95 Å². The molecule has 1 aliphatic rings. The standard InChI is InChI=1S/C19H24ClN5O2/c1-24(2)18-16(12-21-19(23-18)25-10-4-3-5-11-25)22-17(26)13-27-15-8-6-14(20)7-9-15/h6-9,12H,3-5,10-11,13H2,1-2H3,(H,22,26). The molecule has 27 heavy (non-hydrogen) atoms. The third-order valence-corrected chi connectivity index (χ3v) is 4.53. The number of anilines is 3. The molecule has 2 aromatic rings. The molecule has 8 heteroatoms. The summed E-state index contributed by atoms with van der Waals surface area (Å²) in [4.78, 5) is 25.4. The minimum absolute atomic E-state index is 0.109. The van der Waals surface area contributed by atoms with Crippen molar-refractivity contribution in [3.63, 3.8) is 0 Å². The van der Waals surface area contributed by atoms with E-state index >= 15 is 0 Å². The monoisotopic (exact) mass is 389 g/mol. The Kier molecular flexibility index (Phi) is 6.34. The van der Waals surface area contributed by atoms with Crippen LogP contribution in [-0.2, 0) is 4.79 Å². The minimum atomic E-state index is -0.276. The van der Waals surface area contributed by atoms with Crippen molar-refractivity contribution in [2.24, 2.45) is 0 Å². The minimum Gasteiger partial charge on any atom is -0.484 e. The molecule has 7 nitrogen and oxygen atoms in total. The van der Waals surface area contributed by atoms with Gasteiger partial charge in [-0.25, -0.2) is 4.98 Å². The highest BCUT2D eigenvalue weighted by Gasteiger charge is 2.17. The second-order valence-corrected chi connectivity index (χ2v) is 7.08. The van der Waals surface area contributed by atoms with Gasteiger partial charge in [-0.2, -0.15) is 4.98 Å². The summed E-state index contributed by atoms with van der Waals surface area (Å²) in [6, 6.07) is 6.87. The van der Waals surface area contributed by atoms with Crippen LogP contribution in [0, 0.1) is 0 Å².